The average Bonchev–Trinajstić information content (AvgIpc) is 3.62. The van der Waals surface area contributed by atoms with E-state index in [0.717, 1.165) is 0 Å². The molecule has 0 saturated carbocycles. The van der Waals surface area contributed by atoms with Crippen molar-refractivity contribution in [3.8, 4) is 46.1 Å². The third-order valence-corrected chi connectivity index (χ3v) is 4.28. The van der Waals surface area contributed by atoms with Gasteiger partial charge in [0.25, 0.3) is 0 Å². The smallest absolute Gasteiger partial charge is 0.415 e. The monoisotopic (exact) mass is 509 g/mol. The Morgan fingerprint density at radius 3 is 1.31 bits per heavy atom. The zero-order chi connectivity index (χ0) is 23.0. The molecule has 0 bridgehead atoms. The molecule has 0 saturated heterocycles. The Labute approximate surface area is 209 Å². The van der Waals surface area contributed by atoms with E-state index in [1.807, 2.05) is 36.4 Å². The first-order valence-corrected chi connectivity index (χ1v) is 9.97. The molecule has 35 heavy (non-hydrogen) atoms. The zero-order valence-electron chi connectivity index (χ0n) is 17.8. The van der Waals surface area contributed by atoms with Gasteiger partial charge in [-0.2, -0.15) is 0 Å². The molecular formula is C22H14CuN12. The first kappa shape index (κ1) is 23.4. The maximum absolute atomic E-state index is 4.26. The van der Waals surface area contributed by atoms with Gasteiger partial charge in [0.15, 0.2) is 0 Å². The summed E-state index contributed by atoms with van der Waals surface area (Å²) in [4.78, 5) is 33.0. The second-order valence-corrected chi connectivity index (χ2v) is 6.53. The van der Waals surface area contributed by atoms with Crippen LogP contribution in [0.2, 0.25) is 0 Å². The molecule has 0 fully saturated rings. The van der Waals surface area contributed by atoms with E-state index in [1.165, 1.54) is 0 Å². The minimum Gasteiger partial charge on any atom is -0.415 e. The van der Waals surface area contributed by atoms with Crippen LogP contribution in [0, 0.1) is 0 Å². The third-order valence-electron chi connectivity index (χ3n) is 4.28. The summed E-state index contributed by atoms with van der Waals surface area (Å²) in [5, 5.41) is 15.9. The van der Waals surface area contributed by atoms with E-state index < -0.39 is 0 Å². The number of nitrogens with zero attached hydrogens (tertiary/aromatic N) is 12. The molecule has 6 rings (SSSR count). The van der Waals surface area contributed by atoms with Gasteiger partial charge in [-0.25, -0.2) is 0 Å². The molecule has 0 atom stereocenters. The van der Waals surface area contributed by atoms with E-state index in [9.17, 15) is 0 Å². The summed E-state index contributed by atoms with van der Waals surface area (Å²) in [6.07, 6.45) is 12.9. The van der Waals surface area contributed by atoms with Crippen LogP contribution in [0.1, 0.15) is 0 Å². The Hall–Kier alpha value is -4.74. The van der Waals surface area contributed by atoms with Crippen molar-refractivity contribution in [3.63, 3.8) is 0 Å². The van der Waals surface area contributed by atoms with Crippen molar-refractivity contribution in [1.82, 2.24) is 60.3 Å². The van der Waals surface area contributed by atoms with Gasteiger partial charge in [-0.1, -0.05) is 12.1 Å². The van der Waals surface area contributed by atoms with E-state index >= 15 is 0 Å². The largest absolute Gasteiger partial charge is 2.00 e. The minimum absolute atomic E-state index is 0. The maximum Gasteiger partial charge on any atom is 2.00 e. The van der Waals surface area contributed by atoms with Crippen LogP contribution in [-0.4, -0.2) is 50.1 Å². The van der Waals surface area contributed by atoms with Crippen LogP contribution in [0.15, 0.2) is 86.0 Å². The molecule has 0 unspecified atom stereocenters. The third kappa shape index (κ3) is 5.79. The predicted molar refractivity (Wildman–Crippen MR) is 119 cm³/mol. The predicted octanol–water partition coefficient (Wildman–Crippen LogP) is 1.90. The molecule has 0 aliphatic heterocycles. The number of rotatable bonds is 4. The van der Waals surface area contributed by atoms with Gasteiger partial charge in [-0.15, -0.1) is 0 Å². The molecule has 173 valence electrons. The van der Waals surface area contributed by atoms with Gasteiger partial charge in [-0.3, -0.25) is 40.1 Å². The van der Waals surface area contributed by atoms with Crippen molar-refractivity contribution in [2.45, 2.75) is 0 Å². The summed E-state index contributed by atoms with van der Waals surface area (Å²) >= 11 is 0. The molecule has 6 aromatic heterocycles. The summed E-state index contributed by atoms with van der Waals surface area (Å²) in [7, 11) is 0. The van der Waals surface area contributed by atoms with Gasteiger partial charge in [0, 0.05) is 37.2 Å². The normalized spacial score (nSPS) is 10.1. The Morgan fingerprint density at radius 2 is 0.943 bits per heavy atom. The Bertz CT molecular complexity index is 1220. The maximum atomic E-state index is 4.26. The molecule has 6 heterocycles. The van der Waals surface area contributed by atoms with E-state index in [0.29, 0.717) is 46.1 Å². The van der Waals surface area contributed by atoms with E-state index in [2.05, 4.69) is 60.3 Å². The van der Waals surface area contributed by atoms with Crippen LogP contribution in [0.25, 0.3) is 46.1 Å². The summed E-state index contributed by atoms with van der Waals surface area (Å²) in [6.45, 7) is 0. The van der Waals surface area contributed by atoms with Crippen molar-refractivity contribution in [1.29, 1.82) is 0 Å². The van der Waals surface area contributed by atoms with E-state index in [4.69, 9.17) is 0 Å². The Morgan fingerprint density at radius 1 is 0.486 bits per heavy atom. The number of hydrogen-bond acceptors (Lipinski definition) is 10. The molecule has 0 amide bonds. The quantitative estimate of drug-likeness (QED) is 0.318. The van der Waals surface area contributed by atoms with E-state index in [1.54, 1.807) is 49.6 Å². The second-order valence-electron chi connectivity index (χ2n) is 6.53. The summed E-state index contributed by atoms with van der Waals surface area (Å²) in [6, 6.07) is 11.1. The van der Waals surface area contributed by atoms with Gasteiger partial charge < -0.3 is 20.2 Å². The minimum atomic E-state index is 0. The second kappa shape index (κ2) is 11.4. The first-order valence-electron chi connectivity index (χ1n) is 9.97. The number of aromatic nitrogens is 12. The SMILES string of the molecule is [Cu+2].c1ccc(-c2n[n-]c(-c3cnccn3)n2)nc1.c1ccc(-c2n[n-]c(-c3cnccn3)n2)nc1. The van der Waals surface area contributed by atoms with Crippen molar-refractivity contribution in [3.05, 3.63) is 86.0 Å². The van der Waals surface area contributed by atoms with Crippen LogP contribution in [0.4, 0.5) is 0 Å². The van der Waals surface area contributed by atoms with Crippen LogP contribution in [0.3, 0.4) is 0 Å². The fraction of sp³-hybridized carbons (Fsp3) is 0. The van der Waals surface area contributed by atoms with Crippen LogP contribution < -0.4 is 10.2 Å². The van der Waals surface area contributed by atoms with E-state index in [-0.39, 0.29) is 17.1 Å². The molecular weight excluding hydrogens is 496 g/mol. The molecule has 12 nitrogen and oxygen atoms in total. The fourth-order valence-corrected chi connectivity index (χ4v) is 2.73. The van der Waals surface area contributed by atoms with Crippen LogP contribution in [-0.2, 0) is 17.1 Å². The van der Waals surface area contributed by atoms with Crippen LogP contribution >= 0.6 is 0 Å². The first-order chi connectivity index (χ1) is 16.9. The Balaban J connectivity index is 0.000000160. The van der Waals surface area contributed by atoms with Crippen molar-refractivity contribution in [2.24, 2.45) is 0 Å². The molecule has 0 aliphatic carbocycles. The van der Waals surface area contributed by atoms with Crippen LogP contribution in [0.5, 0.6) is 0 Å². The molecule has 1 radical (unpaired) electrons. The standard InChI is InChI=1S/2C11H7N6.Cu/c2*1-2-4-13-8(3-1)10-15-11(17-16-10)9-7-12-5-6-14-9;/h2*1-7H;/q2*-1;+2. The van der Waals surface area contributed by atoms with Gasteiger partial charge in [-0.05, 0) is 35.9 Å². The zero-order valence-corrected chi connectivity index (χ0v) is 18.7. The van der Waals surface area contributed by atoms with Gasteiger partial charge in [0.2, 0.25) is 0 Å². The molecule has 0 aromatic carbocycles. The molecule has 0 N–H and O–H groups in total. The number of pyridine rings is 2. The van der Waals surface area contributed by atoms with Crippen molar-refractivity contribution >= 4 is 0 Å². The van der Waals surface area contributed by atoms with Crippen molar-refractivity contribution in [2.75, 3.05) is 0 Å². The average molecular weight is 510 g/mol. The van der Waals surface area contributed by atoms with Gasteiger partial charge >= 0.3 is 17.1 Å². The molecule has 0 aliphatic rings. The van der Waals surface area contributed by atoms with Gasteiger partial charge in [0.05, 0.1) is 46.8 Å². The summed E-state index contributed by atoms with van der Waals surface area (Å²) in [5.74, 6) is 1.90. The number of hydrogen-bond donors (Lipinski definition) is 0. The molecule has 13 heteroatoms. The van der Waals surface area contributed by atoms with Gasteiger partial charge in [0.1, 0.15) is 0 Å². The van der Waals surface area contributed by atoms with Crippen molar-refractivity contribution < 1.29 is 17.1 Å². The topological polar surface area (TPSA) is 157 Å². The summed E-state index contributed by atoms with van der Waals surface area (Å²) in [5.41, 5.74) is 2.58. The Kier molecular flexibility index (Phi) is 7.63. The molecule has 6 aromatic rings. The fourth-order valence-electron chi connectivity index (χ4n) is 2.73. The molecule has 0 spiro atoms. The summed E-state index contributed by atoms with van der Waals surface area (Å²) < 4.78 is 0.